The lowest BCUT2D eigenvalue weighted by atomic mass is 10.1. The van der Waals surface area contributed by atoms with Crippen LogP contribution in [0.4, 0.5) is 4.39 Å². The van der Waals surface area contributed by atoms with Gasteiger partial charge in [-0.15, -0.1) is 0 Å². The number of benzene rings is 1. The largest absolute Gasteiger partial charge is 0.756 e. The summed E-state index contributed by atoms with van der Waals surface area (Å²) in [7, 11) is -4.76. The second-order valence-corrected chi connectivity index (χ2v) is 8.86. The highest BCUT2D eigenvalue weighted by Crippen LogP contribution is 2.39. The maximum absolute atomic E-state index is 13.0. The molecule has 1 amide bonds. The number of phosphoric ester groups is 1. The molecule has 0 aliphatic carbocycles. The van der Waals surface area contributed by atoms with Gasteiger partial charge in [-0.1, -0.05) is 6.07 Å². The minimum atomic E-state index is -4.76. The van der Waals surface area contributed by atoms with Crippen molar-refractivity contribution in [3.63, 3.8) is 0 Å². The Bertz CT molecular complexity index is 1040. The minimum absolute atomic E-state index is 0.0850. The number of hydrogen-bond donors (Lipinski definition) is 3. The number of pyridine rings is 1. The first-order valence-electron chi connectivity index (χ1n) is 10.5. The third kappa shape index (κ3) is 8.02. The quantitative estimate of drug-likeness (QED) is 0.178. The van der Waals surface area contributed by atoms with E-state index in [1.54, 1.807) is 6.07 Å². The van der Waals surface area contributed by atoms with Crippen molar-refractivity contribution in [2.24, 2.45) is 5.73 Å². The molecule has 1 unspecified atom stereocenters. The first-order chi connectivity index (χ1) is 16.7. The Hall–Kier alpha value is -2.48. The molecule has 3 rings (SSSR count). The fraction of sp³-hybridized carbons (Fsp3) is 0.429. The van der Waals surface area contributed by atoms with Crippen LogP contribution in [0.5, 0.6) is 5.75 Å². The number of carbonyl (C=O) groups is 1. The van der Waals surface area contributed by atoms with E-state index < -0.39 is 50.7 Å². The van der Waals surface area contributed by atoms with Crippen molar-refractivity contribution < 1.29 is 56.7 Å². The number of aliphatic hydroxyl groups excluding tert-OH is 2. The molecule has 1 aromatic carbocycles. The lowest BCUT2D eigenvalue weighted by Gasteiger charge is -2.24. The third-order valence-corrected chi connectivity index (χ3v) is 5.87. The van der Waals surface area contributed by atoms with Crippen LogP contribution in [0.25, 0.3) is 0 Å². The van der Waals surface area contributed by atoms with Crippen molar-refractivity contribution >= 4 is 13.7 Å². The van der Waals surface area contributed by atoms with Gasteiger partial charge in [0.1, 0.15) is 35.9 Å². The van der Waals surface area contributed by atoms with Gasteiger partial charge in [0.2, 0.25) is 0 Å². The maximum atomic E-state index is 13.0. The lowest BCUT2D eigenvalue weighted by molar-refractivity contribution is -0.765. The zero-order valence-corrected chi connectivity index (χ0v) is 19.4. The third-order valence-electron chi connectivity index (χ3n) is 4.90. The number of nitrogens with zero attached hydrogens (tertiary/aromatic N) is 1. The molecule has 0 bridgehead atoms. The number of phosphoric acid groups is 1. The fourth-order valence-corrected chi connectivity index (χ4v) is 3.90. The van der Waals surface area contributed by atoms with E-state index in [9.17, 15) is 28.9 Å². The molecule has 0 radical (unpaired) electrons. The van der Waals surface area contributed by atoms with Gasteiger partial charge in [0.25, 0.3) is 20.0 Å². The van der Waals surface area contributed by atoms with Gasteiger partial charge in [0.15, 0.2) is 18.5 Å². The number of amides is 1. The van der Waals surface area contributed by atoms with E-state index in [1.165, 1.54) is 47.3 Å². The number of rotatable bonds is 13. The van der Waals surface area contributed by atoms with E-state index >= 15 is 0 Å². The number of carbonyl (C=O) groups excluding carboxylic acids is 1. The number of halogens is 1. The Morgan fingerprint density at radius 3 is 2.66 bits per heavy atom. The lowest BCUT2D eigenvalue weighted by Crippen LogP contribution is -2.46. The topological polar surface area (TPSA) is 174 Å². The number of primary amides is 1. The molecule has 1 aromatic heterocycles. The summed E-state index contributed by atoms with van der Waals surface area (Å²) in [6.45, 7) is -0.808. The van der Waals surface area contributed by atoms with Gasteiger partial charge in [-0.2, -0.15) is 4.57 Å². The predicted molar refractivity (Wildman–Crippen MR) is 113 cm³/mol. The number of hydrogen-bond acceptors (Lipinski definition) is 10. The molecule has 12 nitrogen and oxygen atoms in total. The molecule has 2 aromatic rings. The van der Waals surface area contributed by atoms with E-state index in [2.05, 4.69) is 0 Å². The average Bonchev–Trinajstić information content (AvgIpc) is 3.11. The van der Waals surface area contributed by atoms with Crippen LogP contribution >= 0.6 is 7.82 Å². The highest BCUT2D eigenvalue weighted by atomic mass is 31.2. The van der Waals surface area contributed by atoms with Crippen LogP contribution in [0.2, 0.25) is 0 Å². The van der Waals surface area contributed by atoms with Crippen molar-refractivity contribution in [1.82, 2.24) is 0 Å². The molecule has 1 aliphatic rings. The summed E-state index contributed by atoms with van der Waals surface area (Å²) < 4.78 is 51.8. The van der Waals surface area contributed by atoms with E-state index in [-0.39, 0.29) is 32.0 Å². The van der Waals surface area contributed by atoms with Crippen molar-refractivity contribution in [3.8, 4) is 5.75 Å². The van der Waals surface area contributed by atoms with Crippen molar-refractivity contribution in [3.05, 3.63) is 60.2 Å². The van der Waals surface area contributed by atoms with Crippen LogP contribution < -0.4 is 19.9 Å². The van der Waals surface area contributed by atoms with Gasteiger partial charge >= 0.3 is 0 Å². The Balaban J connectivity index is 1.37. The molecule has 1 fully saturated rings. The van der Waals surface area contributed by atoms with E-state index in [0.717, 1.165) is 0 Å². The molecule has 5 atom stereocenters. The van der Waals surface area contributed by atoms with Crippen molar-refractivity contribution in [2.45, 2.75) is 24.5 Å². The second kappa shape index (κ2) is 12.5. The first kappa shape index (κ1) is 27.1. The predicted octanol–water partition coefficient (Wildman–Crippen LogP) is -0.571. The minimum Gasteiger partial charge on any atom is -0.756 e. The molecule has 192 valence electrons. The van der Waals surface area contributed by atoms with Crippen molar-refractivity contribution in [2.75, 3.05) is 33.0 Å². The van der Waals surface area contributed by atoms with Gasteiger partial charge in [-0.25, -0.2) is 4.39 Å². The summed E-state index contributed by atoms with van der Waals surface area (Å²) in [4.78, 5) is 23.3. The van der Waals surface area contributed by atoms with Gasteiger partial charge < -0.3 is 44.1 Å². The van der Waals surface area contributed by atoms with Crippen LogP contribution in [0.1, 0.15) is 16.6 Å². The van der Waals surface area contributed by atoms with Gasteiger partial charge in [-0.05, 0) is 18.2 Å². The molecule has 14 heteroatoms. The van der Waals surface area contributed by atoms with Crippen LogP contribution in [-0.4, -0.2) is 67.5 Å². The summed E-state index contributed by atoms with van der Waals surface area (Å²) in [6, 6.07) is 8.55. The monoisotopic (exact) mass is 516 g/mol. The van der Waals surface area contributed by atoms with E-state index in [0.29, 0.717) is 5.75 Å². The van der Waals surface area contributed by atoms with Crippen LogP contribution in [0, 0.1) is 5.82 Å². The Morgan fingerprint density at radius 1 is 1.14 bits per heavy atom. The summed E-state index contributed by atoms with van der Waals surface area (Å²) in [5, 5.41) is 20.5. The van der Waals surface area contributed by atoms with Gasteiger partial charge in [-0.3, -0.25) is 9.36 Å². The molecule has 1 saturated heterocycles. The van der Waals surface area contributed by atoms with E-state index in [1.807, 2.05) is 0 Å². The number of nitrogens with two attached hydrogens (primary N) is 1. The number of aliphatic hydroxyl groups is 2. The summed E-state index contributed by atoms with van der Waals surface area (Å²) in [5.74, 6) is -0.788. The molecule has 1 aliphatic heterocycles. The number of aromatic nitrogens is 1. The Labute approximate surface area is 200 Å². The second-order valence-electron chi connectivity index (χ2n) is 7.44. The number of ether oxygens (including phenoxy) is 3. The Kier molecular flexibility index (Phi) is 9.66. The molecule has 35 heavy (non-hydrogen) atoms. The van der Waals surface area contributed by atoms with Gasteiger partial charge in [0.05, 0.1) is 26.4 Å². The summed E-state index contributed by atoms with van der Waals surface area (Å²) >= 11 is 0. The van der Waals surface area contributed by atoms with Crippen LogP contribution in [0.15, 0.2) is 48.8 Å². The SMILES string of the molecule is NC(=O)c1ccc[n+]([C@@H]2O[C@H](COP(=O)([O-])OCCOCCOc3cccc(F)c3)[C@@H](O)[C@H]2O)c1. The average molecular weight is 516 g/mol. The van der Waals surface area contributed by atoms with Crippen LogP contribution in [-0.2, 0) is 23.1 Å². The zero-order chi connectivity index (χ0) is 25.4. The normalized spacial score (nSPS) is 23.7. The summed E-state index contributed by atoms with van der Waals surface area (Å²) in [6.07, 6.45) is -2.37. The highest BCUT2D eigenvalue weighted by Gasteiger charge is 2.48. The first-order valence-corrected chi connectivity index (χ1v) is 12.0. The zero-order valence-electron chi connectivity index (χ0n) is 18.5. The summed E-state index contributed by atoms with van der Waals surface area (Å²) in [5.41, 5.74) is 5.39. The molecule has 0 spiro atoms. The highest BCUT2D eigenvalue weighted by molar-refractivity contribution is 7.45. The van der Waals surface area contributed by atoms with Gasteiger partial charge in [0, 0.05) is 12.1 Å². The molecule has 0 saturated carbocycles. The van der Waals surface area contributed by atoms with Crippen LogP contribution in [0.3, 0.4) is 0 Å². The van der Waals surface area contributed by atoms with Crippen molar-refractivity contribution in [1.29, 1.82) is 0 Å². The molecule has 4 N–H and O–H groups in total. The Morgan fingerprint density at radius 2 is 1.91 bits per heavy atom. The maximum Gasteiger partial charge on any atom is 0.292 e. The molecular weight excluding hydrogens is 490 g/mol. The molecular formula is C21H26FN2O10P. The van der Waals surface area contributed by atoms with E-state index in [4.69, 9.17) is 29.0 Å². The smallest absolute Gasteiger partial charge is 0.292 e. The molecule has 2 heterocycles. The fourth-order valence-electron chi connectivity index (χ4n) is 3.20. The standard InChI is InChI=1S/C21H26FN2O10P/c22-15-4-1-5-16(11-15)31-9-7-30-8-10-32-35(28,29)33-13-17-18(25)19(26)21(34-17)24-6-2-3-14(12-24)20(23)27/h1-6,11-12,17-19,21,25-26H,7-10,13H2,(H2-,23,27,28,29)/t17-,18-,19-,21-/m1/s1.